The first-order valence-electron chi connectivity index (χ1n) is 3.09. The molecule has 1 aromatic rings. The molecule has 0 radical (unpaired) electrons. The molecule has 0 spiro atoms. The Morgan fingerprint density at radius 1 is 1.36 bits per heavy atom. The largest absolute Gasteiger partial charge is 0.737 e. The van der Waals surface area contributed by atoms with E-state index in [1.54, 1.807) is 31.4 Å². The molecule has 0 aromatic heterocycles. The van der Waals surface area contributed by atoms with Crippen LogP contribution in [0, 0.1) is 0 Å². The van der Waals surface area contributed by atoms with Crippen LogP contribution in [0.15, 0.2) is 24.3 Å². The van der Waals surface area contributed by atoms with Gasteiger partial charge in [0.1, 0.15) is 5.75 Å². The second-order valence-electron chi connectivity index (χ2n) is 2.02. The van der Waals surface area contributed by atoms with Crippen molar-refractivity contribution in [1.82, 2.24) is 0 Å². The molecule has 0 saturated heterocycles. The molecular formula is C8H7O2S-. The first-order chi connectivity index (χ1) is 5.24. The molecular weight excluding hydrogens is 160 g/mol. The van der Waals surface area contributed by atoms with E-state index in [1.165, 1.54) is 0 Å². The Balaban J connectivity index is 2.91. The van der Waals surface area contributed by atoms with E-state index in [9.17, 15) is 4.79 Å². The molecule has 0 bridgehead atoms. The van der Waals surface area contributed by atoms with E-state index in [0.717, 1.165) is 5.75 Å². The van der Waals surface area contributed by atoms with E-state index in [0.29, 0.717) is 5.56 Å². The number of carbonyl (C=O) groups is 1. The topological polar surface area (TPSA) is 26.3 Å². The number of benzene rings is 1. The number of ether oxygens (including phenoxy) is 1. The van der Waals surface area contributed by atoms with Gasteiger partial charge in [0.2, 0.25) is 0 Å². The molecule has 11 heavy (non-hydrogen) atoms. The lowest BCUT2D eigenvalue weighted by atomic mass is 10.2. The fourth-order valence-electron chi connectivity index (χ4n) is 0.727. The predicted octanol–water partition coefficient (Wildman–Crippen LogP) is 1.38. The van der Waals surface area contributed by atoms with Gasteiger partial charge in [0.05, 0.1) is 7.11 Å². The monoisotopic (exact) mass is 167 g/mol. The lowest BCUT2D eigenvalue weighted by Crippen LogP contribution is -1.92. The molecule has 58 valence electrons. The van der Waals surface area contributed by atoms with Gasteiger partial charge in [-0.05, 0) is 29.8 Å². The number of hydrogen-bond donors (Lipinski definition) is 0. The van der Waals surface area contributed by atoms with Crippen molar-refractivity contribution in [2.75, 3.05) is 7.11 Å². The summed E-state index contributed by atoms with van der Waals surface area (Å²) in [4.78, 5) is 10.6. The van der Waals surface area contributed by atoms with E-state index in [1.807, 2.05) is 0 Å². The number of methoxy groups -OCH3 is 1. The predicted molar refractivity (Wildman–Crippen MR) is 44.7 cm³/mol. The van der Waals surface area contributed by atoms with Crippen molar-refractivity contribution < 1.29 is 9.53 Å². The molecule has 0 amide bonds. The zero-order valence-corrected chi connectivity index (χ0v) is 6.85. The normalized spacial score (nSPS) is 9.18. The minimum absolute atomic E-state index is 0.340. The van der Waals surface area contributed by atoms with Gasteiger partial charge in [-0.25, -0.2) is 0 Å². The van der Waals surface area contributed by atoms with Gasteiger partial charge in [-0.1, -0.05) is 0 Å². The fourth-order valence-corrected chi connectivity index (χ4v) is 0.863. The summed E-state index contributed by atoms with van der Waals surface area (Å²) in [6, 6.07) is 6.71. The van der Waals surface area contributed by atoms with Crippen molar-refractivity contribution in [3.63, 3.8) is 0 Å². The summed E-state index contributed by atoms with van der Waals surface area (Å²) in [7, 11) is 1.57. The quantitative estimate of drug-likeness (QED) is 0.622. The summed E-state index contributed by atoms with van der Waals surface area (Å²) < 4.78 is 4.90. The Morgan fingerprint density at radius 2 is 1.91 bits per heavy atom. The van der Waals surface area contributed by atoms with Crippen molar-refractivity contribution in [2.24, 2.45) is 0 Å². The molecule has 0 aliphatic heterocycles. The summed E-state index contributed by atoms with van der Waals surface area (Å²) in [6.45, 7) is 0. The smallest absolute Gasteiger partial charge is 0.118 e. The Labute approximate surface area is 70.6 Å². The van der Waals surface area contributed by atoms with Crippen LogP contribution in [-0.2, 0) is 12.6 Å². The van der Waals surface area contributed by atoms with Crippen LogP contribution >= 0.6 is 0 Å². The van der Waals surface area contributed by atoms with Crippen LogP contribution in [0.5, 0.6) is 5.75 Å². The summed E-state index contributed by atoms with van der Waals surface area (Å²) in [5.74, 6) is 0.727. The molecule has 0 unspecified atom stereocenters. The minimum Gasteiger partial charge on any atom is -0.737 e. The van der Waals surface area contributed by atoms with Gasteiger partial charge < -0.3 is 22.2 Å². The molecule has 0 fully saturated rings. The Bertz CT molecular complexity index is 253. The van der Waals surface area contributed by atoms with Crippen LogP contribution in [-0.4, -0.2) is 12.2 Å². The van der Waals surface area contributed by atoms with E-state index in [-0.39, 0.29) is 5.12 Å². The second-order valence-corrected chi connectivity index (χ2v) is 2.39. The maximum Gasteiger partial charge on any atom is 0.118 e. The first kappa shape index (κ1) is 8.01. The van der Waals surface area contributed by atoms with Crippen LogP contribution in [0.3, 0.4) is 0 Å². The summed E-state index contributed by atoms with van der Waals surface area (Å²) in [5, 5.41) is -0.340. The molecule has 0 heterocycles. The average molecular weight is 167 g/mol. The average Bonchev–Trinajstić information content (AvgIpc) is 2.05. The highest BCUT2D eigenvalue weighted by molar-refractivity contribution is 7.77. The van der Waals surface area contributed by atoms with Gasteiger partial charge in [0, 0.05) is 5.12 Å². The molecule has 0 saturated carbocycles. The van der Waals surface area contributed by atoms with E-state index in [4.69, 9.17) is 4.74 Å². The van der Waals surface area contributed by atoms with Crippen LogP contribution in [0.25, 0.3) is 0 Å². The highest BCUT2D eigenvalue weighted by Crippen LogP contribution is 2.10. The molecule has 1 rings (SSSR count). The van der Waals surface area contributed by atoms with Crippen molar-refractivity contribution in [3.8, 4) is 5.75 Å². The van der Waals surface area contributed by atoms with Crippen molar-refractivity contribution in [3.05, 3.63) is 29.8 Å². The third kappa shape index (κ3) is 1.91. The lowest BCUT2D eigenvalue weighted by molar-refractivity contribution is 0.109. The van der Waals surface area contributed by atoms with Gasteiger partial charge in [-0.15, -0.1) is 0 Å². The van der Waals surface area contributed by atoms with Gasteiger partial charge in [0.25, 0.3) is 0 Å². The van der Waals surface area contributed by atoms with Crippen molar-refractivity contribution >= 4 is 17.7 Å². The highest BCUT2D eigenvalue weighted by atomic mass is 32.1. The fraction of sp³-hybridized carbons (Fsp3) is 0.125. The van der Waals surface area contributed by atoms with Crippen molar-refractivity contribution in [1.29, 1.82) is 0 Å². The molecule has 0 atom stereocenters. The van der Waals surface area contributed by atoms with Crippen LogP contribution < -0.4 is 4.74 Å². The second kappa shape index (κ2) is 3.34. The number of rotatable bonds is 2. The van der Waals surface area contributed by atoms with Crippen LogP contribution in [0.1, 0.15) is 10.4 Å². The SMILES string of the molecule is COc1ccc(C(=O)[S-])cc1. The lowest BCUT2D eigenvalue weighted by Gasteiger charge is -2.04. The summed E-state index contributed by atoms with van der Waals surface area (Å²) in [5.41, 5.74) is 0.529. The number of carbonyl (C=O) groups excluding carboxylic acids is 1. The first-order valence-corrected chi connectivity index (χ1v) is 3.50. The zero-order chi connectivity index (χ0) is 8.27. The van der Waals surface area contributed by atoms with Crippen molar-refractivity contribution in [2.45, 2.75) is 0 Å². The Morgan fingerprint density at radius 3 is 2.27 bits per heavy atom. The molecule has 3 heteroatoms. The summed E-state index contributed by atoms with van der Waals surface area (Å²) >= 11 is 4.45. The third-order valence-electron chi connectivity index (χ3n) is 1.33. The van der Waals surface area contributed by atoms with E-state index < -0.39 is 0 Å². The molecule has 0 aliphatic rings. The van der Waals surface area contributed by atoms with Gasteiger partial charge in [-0.3, -0.25) is 0 Å². The van der Waals surface area contributed by atoms with Crippen LogP contribution in [0.2, 0.25) is 0 Å². The van der Waals surface area contributed by atoms with Gasteiger partial charge >= 0.3 is 0 Å². The maximum atomic E-state index is 10.6. The summed E-state index contributed by atoms with van der Waals surface area (Å²) in [6.07, 6.45) is 0. The van der Waals surface area contributed by atoms with E-state index >= 15 is 0 Å². The van der Waals surface area contributed by atoms with Gasteiger partial charge in [-0.2, -0.15) is 0 Å². The third-order valence-corrected chi connectivity index (χ3v) is 1.56. The molecule has 0 N–H and O–H groups in total. The standard InChI is InChI=1S/C8H8O2S/c1-10-7-4-2-6(3-5-7)8(9)11/h2-5H,1H3,(H,9,11)/p-1. The minimum atomic E-state index is -0.340. The molecule has 2 nitrogen and oxygen atoms in total. The maximum absolute atomic E-state index is 10.6. The van der Waals surface area contributed by atoms with Gasteiger partial charge in [0.15, 0.2) is 0 Å². The zero-order valence-electron chi connectivity index (χ0n) is 6.03. The Kier molecular flexibility index (Phi) is 2.44. The highest BCUT2D eigenvalue weighted by Gasteiger charge is 1.92. The van der Waals surface area contributed by atoms with Crippen LogP contribution in [0.4, 0.5) is 0 Å². The Hall–Kier alpha value is -1.09. The number of hydrogen-bond acceptors (Lipinski definition) is 3. The molecule has 1 aromatic carbocycles. The molecule has 0 aliphatic carbocycles. The van der Waals surface area contributed by atoms with E-state index in [2.05, 4.69) is 12.6 Å².